The monoisotopic (exact) mass is 382 g/mol. The van der Waals surface area contributed by atoms with Gasteiger partial charge >= 0.3 is 0 Å². The van der Waals surface area contributed by atoms with Gasteiger partial charge in [0.05, 0.1) is 14.2 Å². The number of methoxy groups -OCH3 is 2. The third-order valence-electron chi connectivity index (χ3n) is 4.32. The SMILES string of the molecule is CC.CC/C=C(\CCc1cccnc1)N=C(C)c1cc(OC)cc(OC)c1C. The molecule has 4 heteroatoms. The van der Waals surface area contributed by atoms with Crippen LogP contribution in [0.3, 0.4) is 0 Å². The Balaban J connectivity index is 0.00000190. The summed E-state index contributed by atoms with van der Waals surface area (Å²) in [7, 11) is 3.34. The Morgan fingerprint density at radius 1 is 1.18 bits per heavy atom. The molecule has 0 amide bonds. The zero-order valence-electron chi connectivity index (χ0n) is 18.4. The lowest BCUT2D eigenvalue weighted by molar-refractivity contribution is 0.392. The van der Waals surface area contributed by atoms with Gasteiger partial charge in [-0.1, -0.05) is 32.9 Å². The van der Waals surface area contributed by atoms with E-state index in [2.05, 4.69) is 24.1 Å². The summed E-state index contributed by atoms with van der Waals surface area (Å²) in [5, 5.41) is 0. The number of ether oxygens (including phenoxy) is 2. The van der Waals surface area contributed by atoms with Gasteiger partial charge < -0.3 is 9.47 Å². The van der Waals surface area contributed by atoms with Crippen LogP contribution in [-0.4, -0.2) is 24.9 Å². The summed E-state index contributed by atoms with van der Waals surface area (Å²) in [6, 6.07) is 7.99. The van der Waals surface area contributed by atoms with Crippen LogP contribution in [0.1, 0.15) is 57.2 Å². The molecule has 2 aromatic rings. The lowest BCUT2D eigenvalue weighted by Crippen LogP contribution is -2.03. The number of aliphatic imine (C=N–C) groups is 1. The second-order valence-corrected chi connectivity index (χ2v) is 6.16. The van der Waals surface area contributed by atoms with E-state index in [9.17, 15) is 0 Å². The van der Waals surface area contributed by atoms with Crippen molar-refractivity contribution in [2.75, 3.05) is 14.2 Å². The molecule has 0 aliphatic heterocycles. The van der Waals surface area contributed by atoms with Crippen molar-refractivity contribution in [1.82, 2.24) is 4.98 Å². The molecule has 0 bridgehead atoms. The fourth-order valence-corrected chi connectivity index (χ4v) is 2.90. The number of benzene rings is 1. The number of hydrogen-bond acceptors (Lipinski definition) is 4. The fourth-order valence-electron chi connectivity index (χ4n) is 2.90. The summed E-state index contributed by atoms with van der Waals surface area (Å²) in [4.78, 5) is 9.09. The Bertz CT molecular complexity index is 781. The van der Waals surface area contributed by atoms with E-state index < -0.39 is 0 Å². The molecule has 0 saturated heterocycles. The van der Waals surface area contributed by atoms with E-state index in [1.54, 1.807) is 20.4 Å². The highest BCUT2D eigenvalue weighted by molar-refractivity contribution is 6.01. The lowest BCUT2D eigenvalue weighted by Gasteiger charge is -2.13. The summed E-state index contributed by atoms with van der Waals surface area (Å²) in [6.07, 6.45) is 8.67. The topological polar surface area (TPSA) is 43.7 Å². The van der Waals surface area contributed by atoms with Gasteiger partial charge in [-0.2, -0.15) is 0 Å². The number of pyridine rings is 1. The molecule has 0 aliphatic carbocycles. The third-order valence-corrected chi connectivity index (χ3v) is 4.32. The zero-order valence-corrected chi connectivity index (χ0v) is 18.4. The molecule has 0 radical (unpaired) electrons. The first-order chi connectivity index (χ1) is 13.6. The number of hydrogen-bond donors (Lipinski definition) is 0. The molecular weight excluding hydrogens is 348 g/mol. The summed E-state index contributed by atoms with van der Waals surface area (Å²) in [6.45, 7) is 10.2. The van der Waals surface area contributed by atoms with Crippen LogP contribution in [0.15, 0.2) is 53.4 Å². The van der Waals surface area contributed by atoms with Crippen molar-refractivity contribution in [1.29, 1.82) is 0 Å². The second-order valence-electron chi connectivity index (χ2n) is 6.16. The van der Waals surface area contributed by atoms with E-state index in [0.717, 1.165) is 53.3 Å². The van der Waals surface area contributed by atoms with Crippen molar-refractivity contribution in [2.45, 2.75) is 53.9 Å². The van der Waals surface area contributed by atoms with Crippen molar-refractivity contribution in [3.63, 3.8) is 0 Å². The molecule has 1 aromatic heterocycles. The Hall–Kier alpha value is -2.62. The van der Waals surface area contributed by atoms with Gasteiger partial charge in [0, 0.05) is 41.0 Å². The smallest absolute Gasteiger partial charge is 0.126 e. The summed E-state index contributed by atoms with van der Waals surface area (Å²) >= 11 is 0. The molecule has 1 heterocycles. The normalized spacial score (nSPS) is 11.5. The first kappa shape index (κ1) is 23.4. The molecular formula is C24H34N2O2. The van der Waals surface area contributed by atoms with Gasteiger partial charge in [-0.05, 0) is 50.8 Å². The Morgan fingerprint density at radius 2 is 1.93 bits per heavy atom. The molecule has 4 nitrogen and oxygen atoms in total. The maximum absolute atomic E-state index is 5.48. The number of nitrogens with zero attached hydrogens (tertiary/aromatic N) is 2. The van der Waals surface area contributed by atoms with E-state index in [1.807, 2.05) is 52.1 Å². The van der Waals surface area contributed by atoms with Crippen LogP contribution < -0.4 is 9.47 Å². The minimum absolute atomic E-state index is 0.772. The fraction of sp³-hybridized carbons (Fsp3) is 0.417. The summed E-state index contributed by atoms with van der Waals surface area (Å²) < 4.78 is 10.9. The first-order valence-corrected chi connectivity index (χ1v) is 9.95. The molecule has 152 valence electrons. The van der Waals surface area contributed by atoms with E-state index in [1.165, 1.54) is 5.56 Å². The first-order valence-electron chi connectivity index (χ1n) is 9.95. The van der Waals surface area contributed by atoms with Gasteiger partial charge in [0.25, 0.3) is 0 Å². The van der Waals surface area contributed by atoms with Crippen LogP contribution in [0.5, 0.6) is 11.5 Å². The molecule has 0 saturated carbocycles. The maximum atomic E-state index is 5.48. The van der Waals surface area contributed by atoms with E-state index in [4.69, 9.17) is 14.5 Å². The van der Waals surface area contributed by atoms with Crippen LogP contribution in [0.4, 0.5) is 0 Å². The molecule has 0 unspecified atom stereocenters. The Labute approximate surface area is 170 Å². The molecule has 1 aromatic carbocycles. The predicted molar refractivity (Wildman–Crippen MR) is 119 cm³/mol. The average molecular weight is 383 g/mol. The number of allylic oxidation sites excluding steroid dienone is 2. The minimum atomic E-state index is 0.772. The molecule has 0 spiro atoms. The van der Waals surface area contributed by atoms with Gasteiger partial charge in [-0.3, -0.25) is 9.98 Å². The second kappa shape index (κ2) is 12.7. The van der Waals surface area contributed by atoms with E-state index >= 15 is 0 Å². The number of aromatic nitrogens is 1. The Kier molecular flexibility index (Phi) is 10.6. The van der Waals surface area contributed by atoms with Crippen molar-refractivity contribution in [3.05, 3.63) is 65.1 Å². The van der Waals surface area contributed by atoms with Crippen LogP contribution in [0.2, 0.25) is 0 Å². The number of rotatable bonds is 8. The van der Waals surface area contributed by atoms with Gasteiger partial charge in [0.15, 0.2) is 0 Å². The molecule has 0 atom stereocenters. The van der Waals surface area contributed by atoms with Crippen LogP contribution in [-0.2, 0) is 6.42 Å². The molecule has 28 heavy (non-hydrogen) atoms. The molecule has 0 N–H and O–H groups in total. The predicted octanol–water partition coefficient (Wildman–Crippen LogP) is 6.17. The van der Waals surface area contributed by atoms with E-state index in [-0.39, 0.29) is 0 Å². The quantitative estimate of drug-likeness (QED) is 0.513. The molecule has 2 rings (SSSR count). The summed E-state index contributed by atoms with van der Waals surface area (Å²) in [5.74, 6) is 1.58. The highest BCUT2D eigenvalue weighted by atomic mass is 16.5. The zero-order chi connectivity index (χ0) is 20.9. The largest absolute Gasteiger partial charge is 0.497 e. The van der Waals surface area contributed by atoms with Gasteiger partial charge in [-0.25, -0.2) is 0 Å². The van der Waals surface area contributed by atoms with E-state index in [0.29, 0.717) is 0 Å². The van der Waals surface area contributed by atoms with Crippen molar-refractivity contribution >= 4 is 5.71 Å². The number of aryl methyl sites for hydroxylation is 1. The van der Waals surface area contributed by atoms with Crippen molar-refractivity contribution in [3.8, 4) is 11.5 Å². The minimum Gasteiger partial charge on any atom is -0.497 e. The van der Waals surface area contributed by atoms with Crippen LogP contribution in [0.25, 0.3) is 0 Å². The standard InChI is InChI=1S/C22H28N2O2.C2H6/c1-6-8-19(11-10-18-9-7-12-23-15-18)24-17(3)21-13-20(25-4)14-22(26-5)16(21)2;1-2/h7-9,12-15H,6,10-11H2,1-5H3;1-2H3/b19-8+,24-17?;. The highest BCUT2D eigenvalue weighted by Crippen LogP contribution is 2.29. The lowest BCUT2D eigenvalue weighted by atomic mass is 10.0. The molecule has 0 fully saturated rings. The van der Waals surface area contributed by atoms with Gasteiger partial charge in [-0.15, -0.1) is 0 Å². The third kappa shape index (κ3) is 6.84. The molecule has 0 aliphatic rings. The summed E-state index contributed by atoms with van der Waals surface area (Å²) in [5.41, 5.74) is 5.39. The maximum Gasteiger partial charge on any atom is 0.126 e. The van der Waals surface area contributed by atoms with Crippen molar-refractivity contribution in [2.24, 2.45) is 4.99 Å². The van der Waals surface area contributed by atoms with Gasteiger partial charge in [0.1, 0.15) is 11.5 Å². The average Bonchev–Trinajstić information content (AvgIpc) is 2.74. The van der Waals surface area contributed by atoms with Gasteiger partial charge in [0.2, 0.25) is 0 Å². The van der Waals surface area contributed by atoms with Crippen molar-refractivity contribution < 1.29 is 9.47 Å². The van der Waals surface area contributed by atoms with Crippen LogP contribution in [0, 0.1) is 6.92 Å². The Morgan fingerprint density at radius 3 is 2.50 bits per heavy atom. The van der Waals surface area contributed by atoms with Crippen LogP contribution >= 0.6 is 0 Å². The highest BCUT2D eigenvalue weighted by Gasteiger charge is 2.11.